The van der Waals surface area contributed by atoms with E-state index in [1.54, 1.807) is 0 Å². The normalized spacial score (nSPS) is 18.6. The van der Waals surface area contributed by atoms with Crippen molar-refractivity contribution in [1.29, 1.82) is 0 Å². The molecule has 1 saturated carbocycles. The molecular formula is C14H18O. The molecule has 1 aromatic rings. The molecule has 0 aliphatic heterocycles. The van der Waals surface area contributed by atoms with Gasteiger partial charge in [0.05, 0.1) is 0 Å². The first kappa shape index (κ1) is 10.4. The average Bonchev–Trinajstić information content (AvgIpc) is 2.98. The number of carbonyl (C=O) groups is 1. The third-order valence-corrected chi connectivity index (χ3v) is 4.11. The van der Waals surface area contributed by atoms with E-state index in [0.717, 1.165) is 5.56 Å². The standard InChI is InChI=1S/C14H18O/c1-13(2,14(3)9-10-14)12(15)11-7-5-4-6-8-11/h4-8H,9-10H2,1-3H3. The minimum absolute atomic E-state index is 0.222. The average molecular weight is 202 g/mol. The number of Topliss-reactive ketones (excluding diaryl/α,β-unsaturated/α-hetero) is 1. The van der Waals surface area contributed by atoms with Gasteiger partial charge in [-0.15, -0.1) is 0 Å². The van der Waals surface area contributed by atoms with Crippen LogP contribution in [-0.4, -0.2) is 5.78 Å². The van der Waals surface area contributed by atoms with Gasteiger partial charge in [0.1, 0.15) is 0 Å². The molecule has 0 atom stereocenters. The van der Waals surface area contributed by atoms with Crippen LogP contribution in [0, 0.1) is 10.8 Å². The molecule has 0 unspecified atom stereocenters. The second kappa shape index (κ2) is 3.19. The first-order valence-electron chi connectivity index (χ1n) is 5.57. The van der Waals surface area contributed by atoms with Crippen molar-refractivity contribution in [2.75, 3.05) is 0 Å². The summed E-state index contributed by atoms with van der Waals surface area (Å²) < 4.78 is 0. The third kappa shape index (κ3) is 1.60. The lowest BCUT2D eigenvalue weighted by Crippen LogP contribution is -2.32. The van der Waals surface area contributed by atoms with Crippen LogP contribution < -0.4 is 0 Å². The van der Waals surface area contributed by atoms with Gasteiger partial charge < -0.3 is 0 Å². The van der Waals surface area contributed by atoms with Crippen molar-refractivity contribution in [3.8, 4) is 0 Å². The lowest BCUT2D eigenvalue weighted by Gasteiger charge is -2.30. The van der Waals surface area contributed by atoms with E-state index in [1.165, 1.54) is 12.8 Å². The Morgan fingerprint density at radius 2 is 1.73 bits per heavy atom. The van der Waals surface area contributed by atoms with Gasteiger partial charge in [0, 0.05) is 11.0 Å². The van der Waals surface area contributed by atoms with E-state index in [9.17, 15) is 4.79 Å². The molecule has 1 aromatic carbocycles. The summed E-state index contributed by atoms with van der Waals surface area (Å²) in [4.78, 5) is 12.4. The SMILES string of the molecule is CC1(C(C)(C)C(=O)c2ccccc2)CC1. The van der Waals surface area contributed by atoms with Crippen LogP contribution in [0.4, 0.5) is 0 Å². The quantitative estimate of drug-likeness (QED) is 0.683. The van der Waals surface area contributed by atoms with Crippen LogP contribution in [0.15, 0.2) is 30.3 Å². The molecule has 1 heteroatoms. The van der Waals surface area contributed by atoms with Crippen molar-refractivity contribution in [3.05, 3.63) is 35.9 Å². The fourth-order valence-corrected chi connectivity index (χ4v) is 2.04. The summed E-state index contributed by atoms with van der Waals surface area (Å²) in [5, 5.41) is 0. The van der Waals surface area contributed by atoms with Gasteiger partial charge in [-0.3, -0.25) is 4.79 Å². The first-order chi connectivity index (χ1) is 6.97. The number of benzene rings is 1. The number of hydrogen-bond donors (Lipinski definition) is 0. The van der Waals surface area contributed by atoms with Crippen molar-refractivity contribution < 1.29 is 4.79 Å². The van der Waals surface area contributed by atoms with Crippen molar-refractivity contribution in [2.24, 2.45) is 10.8 Å². The monoisotopic (exact) mass is 202 g/mol. The second-order valence-electron chi connectivity index (χ2n) is 5.38. The zero-order valence-corrected chi connectivity index (χ0v) is 9.71. The molecular weight excluding hydrogens is 184 g/mol. The highest BCUT2D eigenvalue weighted by Crippen LogP contribution is 2.59. The van der Waals surface area contributed by atoms with Gasteiger partial charge in [-0.05, 0) is 18.3 Å². The van der Waals surface area contributed by atoms with E-state index in [2.05, 4.69) is 20.8 Å². The van der Waals surface area contributed by atoms with Gasteiger partial charge >= 0.3 is 0 Å². The Labute approximate surface area is 91.5 Å². The van der Waals surface area contributed by atoms with Crippen LogP contribution in [0.3, 0.4) is 0 Å². The molecule has 0 bridgehead atoms. The largest absolute Gasteiger partial charge is 0.294 e. The van der Waals surface area contributed by atoms with E-state index in [4.69, 9.17) is 0 Å². The van der Waals surface area contributed by atoms with E-state index >= 15 is 0 Å². The molecule has 2 rings (SSSR count). The summed E-state index contributed by atoms with van der Waals surface area (Å²) in [5.74, 6) is 0.281. The summed E-state index contributed by atoms with van der Waals surface area (Å²) in [6.07, 6.45) is 2.36. The van der Waals surface area contributed by atoms with Crippen LogP contribution in [0.25, 0.3) is 0 Å². The Kier molecular flexibility index (Phi) is 2.22. The Hall–Kier alpha value is -1.11. The molecule has 1 nitrogen and oxygen atoms in total. The van der Waals surface area contributed by atoms with Crippen LogP contribution in [0.2, 0.25) is 0 Å². The molecule has 0 amide bonds. The summed E-state index contributed by atoms with van der Waals surface area (Å²) in [6, 6.07) is 9.63. The van der Waals surface area contributed by atoms with E-state index in [0.29, 0.717) is 0 Å². The van der Waals surface area contributed by atoms with Crippen LogP contribution in [-0.2, 0) is 0 Å². The smallest absolute Gasteiger partial charge is 0.168 e. The molecule has 1 aliphatic carbocycles. The summed E-state index contributed by atoms with van der Waals surface area (Å²) >= 11 is 0. The number of hydrogen-bond acceptors (Lipinski definition) is 1. The number of ketones is 1. The molecule has 0 aromatic heterocycles. The molecule has 0 saturated heterocycles. The van der Waals surface area contributed by atoms with E-state index < -0.39 is 0 Å². The molecule has 0 N–H and O–H groups in total. The maximum atomic E-state index is 12.4. The molecule has 1 fully saturated rings. The highest BCUT2D eigenvalue weighted by Gasteiger charge is 2.53. The first-order valence-corrected chi connectivity index (χ1v) is 5.57. The molecule has 0 heterocycles. The minimum atomic E-state index is -0.228. The zero-order valence-electron chi connectivity index (χ0n) is 9.71. The highest BCUT2D eigenvalue weighted by molar-refractivity contribution is 6.00. The predicted molar refractivity (Wildman–Crippen MR) is 61.9 cm³/mol. The third-order valence-electron chi connectivity index (χ3n) is 4.11. The maximum absolute atomic E-state index is 12.4. The zero-order chi connectivity index (χ0) is 11.1. The number of carbonyl (C=O) groups excluding carboxylic acids is 1. The van der Waals surface area contributed by atoms with Gasteiger partial charge in [-0.1, -0.05) is 51.1 Å². The van der Waals surface area contributed by atoms with Crippen molar-refractivity contribution in [3.63, 3.8) is 0 Å². The van der Waals surface area contributed by atoms with Gasteiger partial charge in [0.2, 0.25) is 0 Å². The Morgan fingerprint density at radius 3 is 2.20 bits per heavy atom. The maximum Gasteiger partial charge on any atom is 0.168 e. The van der Waals surface area contributed by atoms with Gasteiger partial charge in [-0.25, -0.2) is 0 Å². The molecule has 0 radical (unpaired) electrons. The second-order valence-corrected chi connectivity index (χ2v) is 5.38. The van der Waals surface area contributed by atoms with E-state index in [-0.39, 0.29) is 16.6 Å². The molecule has 15 heavy (non-hydrogen) atoms. The van der Waals surface area contributed by atoms with Crippen LogP contribution in [0.1, 0.15) is 44.0 Å². The van der Waals surface area contributed by atoms with Gasteiger partial charge in [-0.2, -0.15) is 0 Å². The summed E-state index contributed by atoms with van der Waals surface area (Å²) in [7, 11) is 0. The van der Waals surface area contributed by atoms with Crippen molar-refractivity contribution >= 4 is 5.78 Å². The molecule has 80 valence electrons. The number of rotatable bonds is 3. The Balaban J connectivity index is 2.29. The van der Waals surface area contributed by atoms with E-state index in [1.807, 2.05) is 30.3 Å². The lowest BCUT2D eigenvalue weighted by atomic mass is 9.72. The fraction of sp³-hybridized carbons (Fsp3) is 0.500. The van der Waals surface area contributed by atoms with Gasteiger partial charge in [0.15, 0.2) is 5.78 Å². The van der Waals surface area contributed by atoms with Crippen LogP contribution >= 0.6 is 0 Å². The van der Waals surface area contributed by atoms with Crippen molar-refractivity contribution in [2.45, 2.75) is 33.6 Å². The Morgan fingerprint density at radius 1 is 1.20 bits per heavy atom. The molecule has 0 spiro atoms. The van der Waals surface area contributed by atoms with Gasteiger partial charge in [0.25, 0.3) is 0 Å². The minimum Gasteiger partial charge on any atom is -0.294 e. The van der Waals surface area contributed by atoms with Crippen LogP contribution in [0.5, 0.6) is 0 Å². The fourth-order valence-electron chi connectivity index (χ4n) is 2.04. The lowest BCUT2D eigenvalue weighted by molar-refractivity contribution is 0.0730. The predicted octanol–water partition coefficient (Wildman–Crippen LogP) is 3.70. The Bertz CT molecular complexity index is 372. The topological polar surface area (TPSA) is 17.1 Å². The highest BCUT2D eigenvalue weighted by atomic mass is 16.1. The van der Waals surface area contributed by atoms with Crippen molar-refractivity contribution in [1.82, 2.24) is 0 Å². The summed E-state index contributed by atoms with van der Waals surface area (Å²) in [5.41, 5.74) is 0.837. The molecule has 1 aliphatic rings. The summed E-state index contributed by atoms with van der Waals surface area (Å²) in [6.45, 7) is 6.37.